The highest BCUT2D eigenvalue weighted by Gasteiger charge is 2.48. The smallest absolute Gasteiger partial charge is 0.457 e. The van der Waals surface area contributed by atoms with Gasteiger partial charge in [0.05, 0.1) is 5.56 Å². The van der Waals surface area contributed by atoms with Crippen LogP contribution in [0.3, 0.4) is 0 Å². The minimum atomic E-state index is -5.80. The summed E-state index contributed by atoms with van der Waals surface area (Å²) in [6.45, 7) is 0.0784. The molecule has 0 aromatic heterocycles. The molecule has 144 valence electrons. The molecule has 3 aromatic carbocycles. The molecule has 3 aromatic rings. The van der Waals surface area contributed by atoms with E-state index in [4.69, 9.17) is 4.74 Å². The van der Waals surface area contributed by atoms with Crippen LogP contribution >= 0.6 is 0 Å². The number of halogens is 3. The molecule has 28 heavy (non-hydrogen) atoms. The molecule has 1 heterocycles. The third-order valence-corrected chi connectivity index (χ3v) is 5.32. The molecule has 0 bridgehead atoms. The Balaban J connectivity index is 1.92. The summed E-state index contributed by atoms with van der Waals surface area (Å²) in [6.07, 6.45) is 0. The normalized spacial score (nSPS) is 14.0. The van der Waals surface area contributed by atoms with Crippen LogP contribution in [0, 0.1) is 0 Å². The van der Waals surface area contributed by atoms with Gasteiger partial charge in [-0.2, -0.15) is 21.6 Å². The number of cyclic esters (lactones) is 1. The first-order valence-corrected chi connectivity index (χ1v) is 9.41. The number of hydrogen-bond acceptors (Lipinski definition) is 5. The largest absolute Gasteiger partial charge is 0.534 e. The lowest BCUT2D eigenvalue weighted by Crippen LogP contribution is -2.28. The molecule has 0 saturated heterocycles. The van der Waals surface area contributed by atoms with E-state index in [2.05, 4.69) is 4.18 Å². The Kier molecular flexibility index (Phi) is 4.07. The summed E-state index contributed by atoms with van der Waals surface area (Å²) in [5.74, 6) is -1.06. The summed E-state index contributed by atoms with van der Waals surface area (Å²) < 4.78 is 69.5. The fourth-order valence-corrected chi connectivity index (χ4v) is 3.59. The third-order valence-electron chi connectivity index (χ3n) is 4.34. The number of carbonyl (C=O) groups is 1. The van der Waals surface area contributed by atoms with Gasteiger partial charge in [0.1, 0.15) is 12.4 Å². The van der Waals surface area contributed by atoms with Gasteiger partial charge in [0, 0.05) is 5.56 Å². The molecule has 0 fully saturated rings. The first-order chi connectivity index (χ1) is 13.2. The summed E-state index contributed by atoms with van der Waals surface area (Å²) in [6, 6.07) is 14.3. The Hall–Kier alpha value is -3.07. The zero-order chi connectivity index (χ0) is 20.1. The molecule has 0 N–H and O–H groups in total. The average Bonchev–Trinajstić information content (AvgIpc) is 3.00. The van der Waals surface area contributed by atoms with E-state index < -0.39 is 27.3 Å². The first kappa shape index (κ1) is 18.3. The molecule has 5 nitrogen and oxygen atoms in total. The van der Waals surface area contributed by atoms with Gasteiger partial charge in [-0.25, -0.2) is 4.79 Å². The Labute approximate surface area is 157 Å². The second-order valence-corrected chi connectivity index (χ2v) is 7.62. The van der Waals surface area contributed by atoms with Crippen LogP contribution in [0.25, 0.3) is 21.9 Å². The molecule has 0 saturated carbocycles. The van der Waals surface area contributed by atoms with Gasteiger partial charge in [0.25, 0.3) is 0 Å². The Bertz CT molecular complexity index is 1200. The Morgan fingerprint density at radius 1 is 1.00 bits per heavy atom. The van der Waals surface area contributed by atoms with Crippen LogP contribution in [0.5, 0.6) is 5.75 Å². The lowest BCUT2D eigenvalue weighted by Gasteiger charge is -2.14. The zero-order valence-corrected chi connectivity index (χ0v) is 14.8. The predicted octanol–water partition coefficient (Wildman–Crippen LogP) is 4.41. The highest BCUT2D eigenvalue weighted by molar-refractivity contribution is 7.88. The van der Waals surface area contributed by atoms with E-state index in [1.807, 2.05) is 30.3 Å². The maximum Gasteiger partial charge on any atom is 0.534 e. The van der Waals surface area contributed by atoms with E-state index in [1.54, 1.807) is 0 Å². The lowest BCUT2D eigenvalue weighted by molar-refractivity contribution is -0.0500. The molecular weight excluding hydrogens is 397 g/mol. The quantitative estimate of drug-likeness (QED) is 0.365. The molecule has 0 radical (unpaired) electrons. The second kappa shape index (κ2) is 6.23. The van der Waals surface area contributed by atoms with Crippen LogP contribution in [0.1, 0.15) is 15.9 Å². The van der Waals surface area contributed by atoms with Crippen molar-refractivity contribution in [3.8, 4) is 16.9 Å². The van der Waals surface area contributed by atoms with E-state index in [-0.39, 0.29) is 12.2 Å². The number of carbonyl (C=O) groups excluding carboxylic acids is 1. The molecule has 0 unspecified atom stereocenters. The molecular formula is C19H11F3O5S. The van der Waals surface area contributed by atoms with Crippen LogP contribution in [-0.2, 0) is 21.5 Å². The molecule has 9 heteroatoms. The van der Waals surface area contributed by atoms with Crippen LogP contribution in [0.15, 0.2) is 54.6 Å². The van der Waals surface area contributed by atoms with Crippen molar-refractivity contribution in [1.29, 1.82) is 0 Å². The minimum absolute atomic E-state index is 0.0784. The molecule has 0 aliphatic carbocycles. The molecule has 0 amide bonds. The van der Waals surface area contributed by atoms with Crippen molar-refractivity contribution < 1.29 is 35.3 Å². The maximum absolute atomic E-state index is 12.6. The van der Waals surface area contributed by atoms with Crippen LogP contribution in [-0.4, -0.2) is 19.9 Å². The highest BCUT2D eigenvalue weighted by Crippen LogP contribution is 2.39. The van der Waals surface area contributed by atoms with Crippen LogP contribution in [0.4, 0.5) is 13.2 Å². The molecule has 0 spiro atoms. The number of benzene rings is 3. The first-order valence-electron chi connectivity index (χ1n) is 8.00. The fraction of sp³-hybridized carbons (Fsp3) is 0.105. The molecule has 1 aliphatic rings. The molecule has 1 aliphatic heterocycles. The van der Waals surface area contributed by atoms with Gasteiger partial charge in [0.15, 0.2) is 0 Å². The number of rotatable bonds is 3. The van der Waals surface area contributed by atoms with Crippen molar-refractivity contribution in [2.75, 3.05) is 0 Å². The van der Waals surface area contributed by atoms with E-state index >= 15 is 0 Å². The summed E-state index contributed by atoms with van der Waals surface area (Å²) in [5, 5.41) is 0.978. The van der Waals surface area contributed by atoms with Gasteiger partial charge in [0.2, 0.25) is 0 Å². The predicted molar refractivity (Wildman–Crippen MR) is 94.1 cm³/mol. The monoisotopic (exact) mass is 408 g/mol. The van der Waals surface area contributed by atoms with Crippen molar-refractivity contribution in [1.82, 2.24) is 0 Å². The van der Waals surface area contributed by atoms with E-state index in [1.165, 1.54) is 12.1 Å². The van der Waals surface area contributed by atoms with Crippen molar-refractivity contribution in [3.05, 3.63) is 65.7 Å². The summed E-state index contributed by atoms with van der Waals surface area (Å²) in [7, 11) is -5.80. The number of hydrogen-bond donors (Lipinski definition) is 0. The fourth-order valence-electron chi connectivity index (χ4n) is 3.14. The molecule has 0 atom stereocenters. The summed E-state index contributed by atoms with van der Waals surface area (Å²) in [4.78, 5) is 12.0. The van der Waals surface area contributed by atoms with Gasteiger partial charge in [-0.3, -0.25) is 0 Å². The van der Waals surface area contributed by atoms with Crippen molar-refractivity contribution in [2.24, 2.45) is 0 Å². The number of fused-ring (bicyclic) bond motifs is 2. The average molecular weight is 408 g/mol. The van der Waals surface area contributed by atoms with Gasteiger partial charge < -0.3 is 8.92 Å². The van der Waals surface area contributed by atoms with Crippen LogP contribution < -0.4 is 4.18 Å². The van der Waals surface area contributed by atoms with Gasteiger partial charge in [-0.05, 0) is 40.1 Å². The number of esters is 1. The van der Waals surface area contributed by atoms with E-state index in [9.17, 15) is 26.4 Å². The van der Waals surface area contributed by atoms with Crippen molar-refractivity contribution in [2.45, 2.75) is 12.1 Å². The number of ether oxygens (including phenoxy) is 1. The molecule has 4 rings (SSSR count). The van der Waals surface area contributed by atoms with Crippen molar-refractivity contribution in [3.63, 3.8) is 0 Å². The maximum atomic E-state index is 12.6. The highest BCUT2D eigenvalue weighted by atomic mass is 32.2. The second-order valence-electron chi connectivity index (χ2n) is 6.09. The van der Waals surface area contributed by atoms with E-state index in [0.717, 1.165) is 17.7 Å². The lowest BCUT2D eigenvalue weighted by atomic mass is 9.91. The summed E-state index contributed by atoms with van der Waals surface area (Å²) >= 11 is 0. The SMILES string of the molecule is O=C1OCc2c1cc1cc(OS(=O)(=O)C(F)(F)F)ccc1c2-c1ccccc1. The summed E-state index contributed by atoms with van der Waals surface area (Å²) in [5.41, 5.74) is -3.11. The third kappa shape index (κ3) is 2.97. The topological polar surface area (TPSA) is 69.7 Å². The van der Waals surface area contributed by atoms with Gasteiger partial charge in [-0.1, -0.05) is 36.4 Å². The Morgan fingerprint density at radius 3 is 2.39 bits per heavy atom. The van der Waals surface area contributed by atoms with Crippen LogP contribution in [0.2, 0.25) is 0 Å². The van der Waals surface area contributed by atoms with Crippen molar-refractivity contribution >= 4 is 26.9 Å². The minimum Gasteiger partial charge on any atom is -0.457 e. The van der Waals surface area contributed by atoms with Gasteiger partial charge >= 0.3 is 21.6 Å². The number of alkyl halides is 3. The standard InChI is InChI=1S/C19H11F3O5S/c20-19(21,22)28(24,25)27-13-6-7-14-12(8-13)9-15-16(10-26-18(15)23)17(14)11-4-2-1-3-5-11/h1-9H,10H2. The van der Waals surface area contributed by atoms with E-state index in [0.29, 0.717) is 21.9 Å². The Morgan fingerprint density at radius 2 is 1.71 bits per heavy atom. The van der Waals surface area contributed by atoms with Gasteiger partial charge in [-0.15, -0.1) is 0 Å². The zero-order valence-electron chi connectivity index (χ0n) is 14.0.